The van der Waals surface area contributed by atoms with Crippen molar-refractivity contribution in [1.29, 1.82) is 0 Å². The Morgan fingerprint density at radius 3 is 2.80 bits per heavy atom. The normalized spacial score (nSPS) is 14.5. The number of nitrogens with one attached hydrogen (secondary N) is 3. The van der Waals surface area contributed by atoms with E-state index in [0.29, 0.717) is 10.0 Å². The molecule has 4 N–H and O–H groups in total. The van der Waals surface area contributed by atoms with Gasteiger partial charge in [0.1, 0.15) is 28.4 Å². The van der Waals surface area contributed by atoms with Crippen LogP contribution >= 0.6 is 11.3 Å². The second-order valence-corrected chi connectivity index (χ2v) is 7.40. The van der Waals surface area contributed by atoms with Crippen LogP contribution in [0.1, 0.15) is 16.7 Å². The van der Waals surface area contributed by atoms with Gasteiger partial charge in [-0.2, -0.15) is 5.10 Å². The molecule has 2 aromatic heterocycles. The summed E-state index contributed by atoms with van der Waals surface area (Å²) in [6.07, 6.45) is 3.00. The molecule has 1 amide bonds. The summed E-state index contributed by atoms with van der Waals surface area (Å²) < 4.78 is 27.9. The highest BCUT2D eigenvalue weighted by Crippen LogP contribution is 2.29. The van der Waals surface area contributed by atoms with Crippen molar-refractivity contribution in [3.8, 4) is 10.7 Å². The van der Waals surface area contributed by atoms with Gasteiger partial charge in [0.25, 0.3) is 5.91 Å². The molecule has 11 heteroatoms. The van der Waals surface area contributed by atoms with E-state index in [1.54, 1.807) is 18.3 Å². The quantitative estimate of drug-likeness (QED) is 0.475. The summed E-state index contributed by atoms with van der Waals surface area (Å²) in [4.78, 5) is 12.5. The first kappa shape index (κ1) is 19.9. The third kappa shape index (κ3) is 4.11. The Kier molecular flexibility index (Phi) is 5.63. The molecule has 0 fully saturated rings. The summed E-state index contributed by atoms with van der Waals surface area (Å²) in [5, 5.41) is 31.9. The van der Waals surface area contributed by atoms with Gasteiger partial charge < -0.3 is 15.7 Å². The zero-order valence-corrected chi connectivity index (χ0v) is 16.2. The summed E-state index contributed by atoms with van der Waals surface area (Å²) in [7, 11) is 0. The minimum absolute atomic E-state index is 0.146. The number of dihydropyridines is 1. The molecule has 1 atom stereocenters. The number of aromatic amines is 1. The average Bonchev–Trinajstić information content (AvgIpc) is 3.43. The van der Waals surface area contributed by atoms with Crippen LogP contribution in [0, 0.1) is 11.6 Å². The van der Waals surface area contributed by atoms with Gasteiger partial charge in [0.05, 0.1) is 17.8 Å². The van der Waals surface area contributed by atoms with Gasteiger partial charge in [0, 0.05) is 12.7 Å². The van der Waals surface area contributed by atoms with Crippen LogP contribution in [-0.2, 0) is 11.3 Å². The molecule has 1 aliphatic rings. The molecule has 0 saturated carbocycles. The Balaban J connectivity index is 1.43. The van der Waals surface area contributed by atoms with Crippen LogP contribution in [-0.4, -0.2) is 38.0 Å². The molecule has 3 heterocycles. The maximum atomic E-state index is 14.0. The van der Waals surface area contributed by atoms with E-state index in [9.17, 15) is 18.7 Å². The monoisotopic (exact) mass is 430 g/mol. The van der Waals surface area contributed by atoms with E-state index in [4.69, 9.17) is 0 Å². The standard InChI is InChI=1S/C19H16F2N6O2S/c20-11-2-1-3-12(21)16(11)17(28)10-4-6-22-14(8-10)18(29)23-9-15-26-27-19(30-15)13-5-7-24-25-13/h1-5,7-8,17,22,28H,6,9H2,(H,23,29)(H,24,25). The van der Waals surface area contributed by atoms with Crippen LogP contribution in [0.2, 0.25) is 0 Å². The largest absolute Gasteiger partial charge is 0.383 e. The molecule has 0 spiro atoms. The molecule has 8 nitrogen and oxygen atoms in total. The molecule has 1 aliphatic heterocycles. The predicted molar refractivity (Wildman–Crippen MR) is 105 cm³/mol. The number of aliphatic hydroxyl groups excluding tert-OH is 1. The lowest BCUT2D eigenvalue weighted by Gasteiger charge is -2.20. The number of carbonyl (C=O) groups is 1. The summed E-state index contributed by atoms with van der Waals surface area (Å²) in [6.45, 7) is 0.373. The third-order valence-electron chi connectivity index (χ3n) is 4.37. The van der Waals surface area contributed by atoms with Gasteiger partial charge in [0.2, 0.25) is 0 Å². The van der Waals surface area contributed by atoms with Gasteiger partial charge in [0.15, 0.2) is 5.01 Å². The Morgan fingerprint density at radius 2 is 2.07 bits per heavy atom. The molecule has 1 aromatic carbocycles. The predicted octanol–water partition coefficient (Wildman–Crippen LogP) is 1.97. The fourth-order valence-corrected chi connectivity index (χ4v) is 3.64. The van der Waals surface area contributed by atoms with Crippen molar-refractivity contribution in [3.63, 3.8) is 0 Å². The van der Waals surface area contributed by atoms with Crippen molar-refractivity contribution in [2.24, 2.45) is 0 Å². The number of aliphatic hydroxyl groups is 1. The molecule has 0 saturated heterocycles. The van der Waals surface area contributed by atoms with Gasteiger partial charge in [-0.15, -0.1) is 10.2 Å². The maximum Gasteiger partial charge on any atom is 0.267 e. The van der Waals surface area contributed by atoms with Gasteiger partial charge in [-0.3, -0.25) is 9.89 Å². The van der Waals surface area contributed by atoms with E-state index in [0.717, 1.165) is 17.8 Å². The summed E-state index contributed by atoms with van der Waals surface area (Å²) in [5.74, 6) is -2.16. The van der Waals surface area contributed by atoms with Gasteiger partial charge in [-0.25, -0.2) is 8.78 Å². The third-order valence-corrected chi connectivity index (χ3v) is 5.33. The van der Waals surface area contributed by atoms with Crippen LogP contribution < -0.4 is 10.6 Å². The van der Waals surface area contributed by atoms with Crippen molar-refractivity contribution in [3.05, 3.63) is 76.1 Å². The highest BCUT2D eigenvalue weighted by molar-refractivity contribution is 7.14. The number of hydrogen-bond donors (Lipinski definition) is 4. The molecule has 4 rings (SSSR count). The Bertz CT molecular complexity index is 1110. The van der Waals surface area contributed by atoms with E-state index >= 15 is 0 Å². The zero-order chi connectivity index (χ0) is 21.1. The lowest BCUT2D eigenvalue weighted by molar-refractivity contribution is -0.118. The fourth-order valence-electron chi connectivity index (χ4n) is 2.89. The second kappa shape index (κ2) is 8.51. The minimum Gasteiger partial charge on any atom is -0.383 e. The number of benzene rings is 1. The molecular weight excluding hydrogens is 414 g/mol. The number of rotatable bonds is 6. The first-order chi connectivity index (χ1) is 14.5. The van der Waals surface area contributed by atoms with Crippen LogP contribution in [0.5, 0.6) is 0 Å². The number of H-pyrrole nitrogens is 1. The Morgan fingerprint density at radius 1 is 1.27 bits per heavy atom. The average molecular weight is 430 g/mol. The first-order valence-electron chi connectivity index (χ1n) is 8.91. The van der Waals surface area contributed by atoms with Gasteiger partial charge in [-0.1, -0.05) is 23.5 Å². The number of aromatic nitrogens is 4. The Labute approximate surface area is 173 Å². The van der Waals surface area contributed by atoms with E-state index in [-0.39, 0.29) is 24.4 Å². The molecule has 0 bridgehead atoms. The maximum absolute atomic E-state index is 14.0. The SMILES string of the molecule is O=C(NCc1nnc(-c2ccn[nH]2)s1)C1=CC(C(O)c2c(F)cccc2F)=CCN1. The van der Waals surface area contributed by atoms with Crippen molar-refractivity contribution < 1.29 is 18.7 Å². The Hall–Kier alpha value is -3.44. The van der Waals surface area contributed by atoms with Crippen LogP contribution in [0.3, 0.4) is 0 Å². The number of halogens is 2. The van der Waals surface area contributed by atoms with E-state index in [1.165, 1.54) is 23.5 Å². The highest BCUT2D eigenvalue weighted by Gasteiger charge is 2.23. The first-order valence-corrected chi connectivity index (χ1v) is 9.72. The number of carbonyl (C=O) groups excluding carboxylic acids is 1. The molecule has 30 heavy (non-hydrogen) atoms. The smallest absolute Gasteiger partial charge is 0.267 e. The van der Waals surface area contributed by atoms with Crippen molar-refractivity contribution in [1.82, 2.24) is 31.0 Å². The molecule has 1 unspecified atom stereocenters. The van der Waals surface area contributed by atoms with E-state index in [1.807, 2.05) is 0 Å². The molecular formula is C19H16F2N6O2S. The highest BCUT2D eigenvalue weighted by atomic mass is 32.1. The van der Waals surface area contributed by atoms with Gasteiger partial charge in [-0.05, 0) is 29.8 Å². The minimum atomic E-state index is -1.53. The zero-order valence-electron chi connectivity index (χ0n) is 15.4. The summed E-state index contributed by atoms with van der Waals surface area (Å²) in [5.41, 5.74) is 0.662. The van der Waals surface area contributed by atoms with Crippen LogP contribution in [0.4, 0.5) is 8.78 Å². The van der Waals surface area contributed by atoms with Crippen molar-refractivity contribution in [2.45, 2.75) is 12.6 Å². The van der Waals surface area contributed by atoms with Crippen LogP contribution in [0.15, 0.2) is 53.9 Å². The van der Waals surface area contributed by atoms with E-state index < -0.39 is 29.2 Å². The van der Waals surface area contributed by atoms with Crippen molar-refractivity contribution in [2.75, 3.05) is 6.54 Å². The van der Waals surface area contributed by atoms with E-state index in [2.05, 4.69) is 31.0 Å². The molecule has 0 radical (unpaired) electrons. The topological polar surface area (TPSA) is 116 Å². The number of nitrogens with zero attached hydrogens (tertiary/aromatic N) is 3. The van der Waals surface area contributed by atoms with Crippen molar-refractivity contribution >= 4 is 17.2 Å². The van der Waals surface area contributed by atoms with Crippen LogP contribution in [0.25, 0.3) is 10.7 Å². The molecule has 154 valence electrons. The lowest BCUT2D eigenvalue weighted by Crippen LogP contribution is -2.33. The second-order valence-electron chi connectivity index (χ2n) is 6.33. The number of hydrogen-bond acceptors (Lipinski definition) is 7. The lowest BCUT2D eigenvalue weighted by atomic mass is 9.97. The number of amides is 1. The fraction of sp³-hybridized carbons (Fsp3) is 0.158. The summed E-state index contributed by atoms with van der Waals surface area (Å²) in [6, 6.07) is 5.12. The molecule has 3 aromatic rings. The summed E-state index contributed by atoms with van der Waals surface area (Å²) >= 11 is 1.30. The molecule has 0 aliphatic carbocycles. The van der Waals surface area contributed by atoms with Gasteiger partial charge >= 0.3 is 0 Å².